The number of anilines is 1. The zero-order valence-corrected chi connectivity index (χ0v) is 14.3. The predicted octanol–water partition coefficient (Wildman–Crippen LogP) is 3.38. The SMILES string of the molecule is CCCCNC(=O)CCc1csc(NC(=O)c2ccc(F)cc2)n1. The maximum atomic E-state index is 12.9. The van der Waals surface area contributed by atoms with E-state index in [4.69, 9.17) is 0 Å². The molecule has 0 saturated carbocycles. The number of thiazole rings is 1. The van der Waals surface area contributed by atoms with Crippen molar-refractivity contribution >= 4 is 28.3 Å². The number of rotatable bonds is 8. The van der Waals surface area contributed by atoms with Gasteiger partial charge in [-0.2, -0.15) is 0 Å². The highest BCUT2D eigenvalue weighted by Crippen LogP contribution is 2.17. The fourth-order valence-electron chi connectivity index (χ4n) is 1.98. The van der Waals surface area contributed by atoms with Gasteiger partial charge in [0.2, 0.25) is 5.91 Å². The Morgan fingerprint density at radius 2 is 2.00 bits per heavy atom. The number of carbonyl (C=O) groups is 2. The van der Waals surface area contributed by atoms with E-state index in [-0.39, 0.29) is 17.6 Å². The van der Waals surface area contributed by atoms with Gasteiger partial charge in [-0.3, -0.25) is 14.9 Å². The number of halogens is 1. The summed E-state index contributed by atoms with van der Waals surface area (Å²) in [5, 5.41) is 7.81. The van der Waals surface area contributed by atoms with Gasteiger partial charge < -0.3 is 5.32 Å². The van der Waals surface area contributed by atoms with Crippen LogP contribution in [0, 0.1) is 5.82 Å². The summed E-state index contributed by atoms with van der Waals surface area (Å²) in [5.74, 6) is -0.721. The van der Waals surface area contributed by atoms with Gasteiger partial charge in [0.15, 0.2) is 5.13 Å². The minimum absolute atomic E-state index is 0.00773. The summed E-state index contributed by atoms with van der Waals surface area (Å²) in [6.07, 6.45) is 2.92. The normalized spacial score (nSPS) is 10.4. The van der Waals surface area contributed by atoms with Gasteiger partial charge in [0.05, 0.1) is 5.69 Å². The first kappa shape index (κ1) is 18.1. The highest BCUT2D eigenvalue weighted by Gasteiger charge is 2.10. The Bertz CT molecular complexity index is 685. The van der Waals surface area contributed by atoms with Crippen LogP contribution in [0.25, 0.3) is 0 Å². The standard InChI is InChI=1S/C17H20FN3O2S/c1-2-3-10-19-15(22)9-8-14-11-24-17(20-14)21-16(23)12-4-6-13(18)7-5-12/h4-7,11H,2-3,8-10H2,1H3,(H,19,22)(H,20,21,23). The van der Waals surface area contributed by atoms with Crippen molar-refractivity contribution in [3.05, 3.63) is 46.7 Å². The lowest BCUT2D eigenvalue weighted by Gasteiger charge is -2.03. The number of hydrogen-bond donors (Lipinski definition) is 2. The zero-order chi connectivity index (χ0) is 17.4. The van der Waals surface area contributed by atoms with Crippen molar-refractivity contribution in [3.8, 4) is 0 Å². The highest BCUT2D eigenvalue weighted by molar-refractivity contribution is 7.14. The van der Waals surface area contributed by atoms with Crippen LogP contribution in [-0.4, -0.2) is 23.3 Å². The Labute approximate surface area is 144 Å². The molecule has 0 atom stereocenters. The minimum Gasteiger partial charge on any atom is -0.356 e. The molecular formula is C17H20FN3O2S. The lowest BCUT2D eigenvalue weighted by Crippen LogP contribution is -2.24. The lowest BCUT2D eigenvalue weighted by atomic mass is 10.2. The molecule has 0 radical (unpaired) electrons. The summed E-state index contributed by atoms with van der Waals surface area (Å²) in [5.41, 5.74) is 1.13. The van der Waals surface area contributed by atoms with Crippen molar-refractivity contribution in [2.24, 2.45) is 0 Å². The number of benzene rings is 1. The molecule has 2 amide bonds. The quantitative estimate of drug-likeness (QED) is 0.718. The molecule has 24 heavy (non-hydrogen) atoms. The molecule has 0 fully saturated rings. The molecule has 0 spiro atoms. The lowest BCUT2D eigenvalue weighted by molar-refractivity contribution is -0.121. The van der Waals surface area contributed by atoms with E-state index in [0.29, 0.717) is 30.1 Å². The van der Waals surface area contributed by atoms with Crippen molar-refractivity contribution in [3.63, 3.8) is 0 Å². The largest absolute Gasteiger partial charge is 0.356 e. The Kier molecular flexibility index (Phi) is 6.87. The molecular weight excluding hydrogens is 329 g/mol. The van der Waals surface area contributed by atoms with E-state index in [0.717, 1.165) is 18.5 Å². The second-order valence-electron chi connectivity index (χ2n) is 5.31. The Balaban J connectivity index is 1.81. The Morgan fingerprint density at radius 3 is 2.71 bits per heavy atom. The van der Waals surface area contributed by atoms with E-state index in [1.165, 1.54) is 35.6 Å². The third kappa shape index (κ3) is 5.73. The first-order valence-electron chi connectivity index (χ1n) is 7.86. The molecule has 128 valence electrons. The van der Waals surface area contributed by atoms with E-state index in [1.54, 1.807) is 0 Å². The third-order valence-electron chi connectivity index (χ3n) is 3.34. The number of hydrogen-bond acceptors (Lipinski definition) is 4. The van der Waals surface area contributed by atoms with Gasteiger partial charge in [0.1, 0.15) is 5.82 Å². The van der Waals surface area contributed by atoms with Crippen LogP contribution in [0.2, 0.25) is 0 Å². The summed E-state index contributed by atoms with van der Waals surface area (Å²) >= 11 is 1.30. The van der Waals surface area contributed by atoms with Gasteiger partial charge in [-0.05, 0) is 37.1 Å². The van der Waals surface area contributed by atoms with Gasteiger partial charge in [-0.25, -0.2) is 9.37 Å². The highest BCUT2D eigenvalue weighted by atomic mass is 32.1. The third-order valence-corrected chi connectivity index (χ3v) is 4.15. The molecule has 2 rings (SSSR count). The second kappa shape index (κ2) is 9.12. The first-order chi connectivity index (χ1) is 11.6. The average molecular weight is 349 g/mol. The van der Waals surface area contributed by atoms with Crippen LogP contribution >= 0.6 is 11.3 Å². The summed E-state index contributed by atoms with van der Waals surface area (Å²) in [4.78, 5) is 28.0. The summed E-state index contributed by atoms with van der Waals surface area (Å²) < 4.78 is 12.9. The van der Waals surface area contributed by atoms with Crippen LogP contribution in [0.1, 0.15) is 42.2 Å². The number of nitrogens with zero attached hydrogens (tertiary/aromatic N) is 1. The monoisotopic (exact) mass is 349 g/mol. The molecule has 2 N–H and O–H groups in total. The molecule has 0 aliphatic rings. The Hall–Kier alpha value is -2.28. The number of unbranched alkanes of at least 4 members (excludes halogenated alkanes) is 1. The summed E-state index contributed by atoms with van der Waals surface area (Å²) in [7, 11) is 0. The van der Waals surface area contributed by atoms with Gasteiger partial charge >= 0.3 is 0 Å². The predicted molar refractivity (Wildman–Crippen MR) is 92.7 cm³/mol. The van der Waals surface area contributed by atoms with Crippen LogP contribution in [0.4, 0.5) is 9.52 Å². The zero-order valence-electron chi connectivity index (χ0n) is 13.5. The van der Waals surface area contributed by atoms with Crippen molar-refractivity contribution in [1.29, 1.82) is 0 Å². The fraction of sp³-hybridized carbons (Fsp3) is 0.353. The fourth-order valence-corrected chi connectivity index (χ4v) is 2.72. The molecule has 7 heteroatoms. The number of nitrogens with one attached hydrogen (secondary N) is 2. The summed E-state index contributed by atoms with van der Waals surface area (Å²) in [6.45, 7) is 2.77. The maximum absolute atomic E-state index is 12.9. The van der Waals surface area contributed by atoms with Crippen molar-refractivity contribution < 1.29 is 14.0 Å². The van der Waals surface area contributed by atoms with E-state index in [2.05, 4.69) is 22.5 Å². The number of carbonyl (C=O) groups excluding carboxylic acids is 2. The van der Waals surface area contributed by atoms with E-state index in [1.807, 2.05) is 5.38 Å². The van der Waals surface area contributed by atoms with Gasteiger partial charge in [0, 0.05) is 23.9 Å². The molecule has 1 aromatic heterocycles. The molecule has 0 saturated heterocycles. The number of aryl methyl sites for hydroxylation is 1. The van der Waals surface area contributed by atoms with E-state index >= 15 is 0 Å². The summed E-state index contributed by atoms with van der Waals surface area (Å²) in [6, 6.07) is 5.30. The van der Waals surface area contributed by atoms with E-state index in [9.17, 15) is 14.0 Å². The molecule has 0 aliphatic heterocycles. The van der Waals surface area contributed by atoms with Crippen LogP contribution < -0.4 is 10.6 Å². The average Bonchev–Trinajstić information content (AvgIpc) is 3.01. The topological polar surface area (TPSA) is 71.1 Å². The second-order valence-corrected chi connectivity index (χ2v) is 6.17. The Morgan fingerprint density at radius 1 is 1.25 bits per heavy atom. The molecule has 0 bridgehead atoms. The van der Waals surface area contributed by atoms with Crippen LogP contribution in [0.3, 0.4) is 0 Å². The van der Waals surface area contributed by atoms with Gasteiger partial charge in [-0.15, -0.1) is 11.3 Å². The van der Waals surface area contributed by atoms with E-state index < -0.39 is 0 Å². The molecule has 1 heterocycles. The van der Waals surface area contributed by atoms with Crippen molar-refractivity contribution in [1.82, 2.24) is 10.3 Å². The molecule has 1 aromatic carbocycles. The number of aromatic nitrogens is 1. The minimum atomic E-state index is -0.389. The smallest absolute Gasteiger partial charge is 0.257 e. The van der Waals surface area contributed by atoms with Crippen molar-refractivity contribution in [2.75, 3.05) is 11.9 Å². The maximum Gasteiger partial charge on any atom is 0.257 e. The molecule has 5 nitrogen and oxygen atoms in total. The molecule has 0 unspecified atom stereocenters. The molecule has 0 aliphatic carbocycles. The van der Waals surface area contributed by atoms with Crippen molar-refractivity contribution in [2.45, 2.75) is 32.6 Å². The van der Waals surface area contributed by atoms with Gasteiger partial charge in [0.25, 0.3) is 5.91 Å². The molecule has 2 aromatic rings. The number of amides is 2. The van der Waals surface area contributed by atoms with Crippen LogP contribution in [0.5, 0.6) is 0 Å². The van der Waals surface area contributed by atoms with Crippen LogP contribution in [0.15, 0.2) is 29.6 Å². The first-order valence-corrected chi connectivity index (χ1v) is 8.74. The van der Waals surface area contributed by atoms with Gasteiger partial charge in [-0.1, -0.05) is 13.3 Å². The van der Waals surface area contributed by atoms with Crippen LogP contribution in [-0.2, 0) is 11.2 Å².